The Kier molecular flexibility index (Phi) is 4.49. The van der Waals surface area contributed by atoms with E-state index in [2.05, 4.69) is 5.92 Å². The van der Waals surface area contributed by atoms with Gasteiger partial charge in [0.05, 0.1) is 6.54 Å². The molecule has 0 aromatic rings. The maximum atomic E-state index is 11.6. The number of ether oxygens (including phenoxy) is 1. The second-order valence-corrected chi connectivity index (χ2v) is 4.41. The van der Waals surface area contributed by atoms with Crippen molar-refractivity contribution in [1.82, 2.24) is 4.90 Å². The Morgan fingerprint density at radius 1 is 1.50 bits per heavy atom. The highest BCUT2D eigenvalue weighted by Crippen LogP contribution is 2.11. The summed E-state index contributed by atoms with van der Waals surface area (Å²) in [6.45, 7) is 9.59. The first-order valence-corrected chi connectivity index (χ1v) is 4.71. The van der Waals surface area contributed by atoms with E-state index < -0.39 is 5.60 Å². The van der Waals surface area contributed by atoms with Crippen LogP contribution in [0.5, 0.6) is 0 Å². The highest BCUT2D eigenvalue weighted by Gasteiger charge is 2.23. The van der Waals surface area contributed by atoms with E-state index in [1.807, 2.05) is 34.6 Å². The Morgan fingerprint density at radius 3 is 2.29 bits per heavy atom. The number of nitrogens with zero attached hydrogens (tertiary/aromatic N) is 1. The summed E-state index contributed by atoms with van der Waals surface area (Å²) in [6.07, 6.45) is 4.81. The van der Waals surface area contributed by atoms with Gasteiger partial charge in [-0.05, 0) is 34.6 Å². The summed E-state index contributed by atoms with van der Waals surface area (Å²) in [5, 5.41) is 0. The van der Waals surface area contributed by atoms with Crippen molar-refractivity contribution in [3.05, 3.63) is 0 Å². The van der Waals surface area contributed by atoms with Crippen LogP contribution in [0.25, 0.3) is 0 Å². The van der Waals surface area contributed by atoms with Crippen LogP contribution in [0.4, 0.5) is 4.79 Å². The monoisotopic (exact) mass is 197 g/mol. The van der Waals surface area contributed by atoms with Crippen molar-refractivity contribution in [2.24, 2.45) is 0 Å². The van der Waals surface area contributed by atoms with E-state index in [0.717, 1.165) is 0 Å². The zero-order valence-corrected chi connectivity index (χ0v) is 9.63. The molecule has 3 nitrogen and oxygen atoms in total. The van der Waals surface area contributed by atoms with E-state index in [1.165, 1.54) is 4.90 Å². The summed E-state index contributed by atoms with van der Waals surface area (Å²) in [4.78, 5) is 13.1. The lowest BCUT2D eigenvalue weighted by Crippen LogP contribution is -2.41. The molecule has 0 fully saturated rings. The zero-order valence-electron chi connectivity index (χ0n) is 9.63. The van der Waals surface area contributed by atoms with Crippen LogP contribution in [-0.2, 0) is 4.74 Å². The molecular weight excluding hydrogens is 178 g/mol. The minimum Gasteiger partial charge on any atom is -0.444 e. The molecule has 0 radical (unpaired) electrons. The molecule has 0 aliphatic carbocycles. The van der Waals surface area contributed by atoms with Crippen LogP contribution >= 0.6 is 0 Å². The van der Waals surface area contributed by atoms with Crippen LogP contribution in [0.2, 0.25) is 0 Å². The van der Waals surface area contributed by atoms with Gasteiger partial charge in [-0.15, -0.1) is 6.42 Å². The first-order chi connectivity index (χ1) is 6.28. The molecule has 14 heavy (non-hydrogen) atoms. The van der Waals surface area contributed by atoms with E-state index in [0.29, 0.717) is 0 Å². The number of hydrogen-bond donors (Lipinski definition) is 0. The van der Waals surface area contributed by atoms with Crippen molar-refractivity contribution in [2.45, 2.75) is 46.3 Å². The Balaban J connectivity index is 4.39. The molecule has 80 valence electrons. The third-order valence-corrected chi connectivity index (χ3v) is 1.51. The third kappa shape index (κ3) is 4.76. The van der Waals surface area contributed by atoms with Crippen molar-refractivity contribution in [3.63, 3.8) is 0 Å². The van der Waals surface area contributed by atoms with Gasteiger partial charge in [0.15, 0.2) is 0 Å². The molecule has 0 rings (SSSR count). The van der Waals surface area contributed by atoms with Gasteiger partial charge in [-0.2, -0.15) is 0 Å². The molecule has 0 aliphatic heterocycles. The van der Waals surface area contributed by atoms with E-state index in [1.54, 1.807) is 0 Å². The molecule has 0 bridgehead atoms. The zero-order chi connectivity index (χ0) is 11.4. The predicted octanol–water partition coefficient (Wildman–Crippen LogP) is 2.27. The fourth-order valence-electron chi connectivity index (χ4n) is 0.877. The van der Waals surface area contributed by atoms with Gasteiger partial charge in [-0.25, -0.2) is 4.79 Å². The van der Waals surface area contributed by atoms with E-state index in [9.17, 15) is 4.79 Å². The lowest BCUT2D eigenvalue weighted by atomic mass is 10.2. The van der Waals surface area contributed by atoms with Crippen LogP contribution in [0.3, 0.4) is 0 Å². The molecule has 0 saturated heterocycles. The van der Waals surface area contributed by atoms with Crippen LogP contribution < -0.4 is 0 Å². The molecule has 0 saturated carbocycles. The smallest absolute Gasteiger partial charge is 0.411 e. The van der Waals surface area contributed by atoms with Crippen molar-refractivity contribution in [3.8, 4) is 12.3 Å². The normalized spacial score (nSPS) is 10.9. The third-order valence-electron chi connectivity index (χ3n) is 1.51. The summed E-state index contributed by atoms with van der Waals surface area (Å²) < 4.78 is 5.21. The number of carbonyl (C=O) groups excluding carboxylic acids is 1. The molecule has 0 aromatic carbocycles. The Hall–Kier alpha value is -1.17. The van der Waals surface area contributed by atoms with Gasteiger partial charge in [-0.1, -0.05) is 5.92 Å². The van der Waals surface area contributed by atoms with Gasteiger partial charge < -0.3 is 4.74 Å². The van der Waals surface area contributed by atoms with E-state index in [4.69, 9.17) is 11.2 Å². The van der Waals surface area contributed by atoms with Crippen molar-refractivity contribution < 1.29 is 9.53 Å². The highest BCUT2D eigenvalue weighted by molar-refractivity contribution is 5.68. The van der Waals surface area contributed by atoms with Crippen LogP contribution in [0.15, 0.2) is 0 Å². The van der Waals surface area contributed by atoms with Crippen molar-refractivity contribution in [2.75, 3.05) is 6.54 Å². The van der Waals surface area contributed by atoms with Gasteiger partial charge in [0.2, 0.25) is 0 Å². The first-order valence-electron chi connectivity index (χ1n) is 4.71. The van der Waals surface area contributed by atoms with E-state index >= 15 is 0 Å². The van der Waals surface area contributed by atoms with Crippen LogP contribution in [0.1, 0.15) is 34.6 Å². The molecule has 0 spiro atoms. The van der Waals surface area contributed by atoms with Crippen molar-refractivity contribution in [1.29, 1.82) is 0 Å². The molecule has 3 heteroatoms. The van der Waals surface area contributed by atoms with Crippen molar-refractivity contribution >= 4 is 6.09 Å². The summed E-state index contributed by atoms with van der Waals surface area (Å²) >= 11 is 0. The van der Waals surface area contributed by atoms with Gasteiger partial charge in [0.1, 0.15) is 5.60 Å². The van der Waals surface area contributed by atoms with Crippen LogP contribution in [-0.4, -0.2) is 29.2 Å². The summed E-state index contributed by atoms with van der Waals surface area (Å²) in [5.74, 6) is 2.44. The SMILES string of the molecule is C#CCN(C(=O)OC(C)(C)C)C(C)C. The number of hydrogen-bond acceptors (Lipinski definition) is 2. The fraction of sp³-hybridized carbons (Fsp3) is 0.727. The maximum absolute atomic E-state index is 11.6. The second-order valence-electron chi connectivity index (χ2n) is 4.41. The van der Waals surface area contributed by atoms with Gasteiger partial charge in [-0.3, -0.25) is 4.90 Å². The number of amides is 1. The standard InChI is InChI=1S/C11H19NO2/c1-7-8-12(9(2)3)10(13)14-11(4,5)6/h1,9H,8H2,2-6H3. The molecule has 0 aliphatic rings. The minimum absolute atomic E-state index is 0.0564. The molecule has 0 atom stereocenters. The highest BCUT2D eigenvalue weighted by atomic mass is 16.6. The molecule has 1 amide bonds. The number of rotatable bonds is 2. The van der Waals surface area contributed by atoms with Crippen LogP contribution in [0, 0.1) is 12.3 Å². The Bertz CT molecular complexity index is 233. The molecule has 0 heterocycles. The summed E-state index contributed by atoms with van der Waals surface area (Å²) in [7, 11) is 0. The minimum atomic E-state index is -0.473. The maximum Gasteiger partial charge on any atom is 0.411 e. The number of carbonyl (C=O) groups is 1. The Morgan fingerprint density at radius 2 is 2.00 bits per heavy atom. The average molecular weight is 197 g/mol. The lowest BCUT2D eigenvalue weighted by Gasteiger charge is -2.28. The summed E-state index contributed by atoms with van der Waals surface area (Å²) in [6, 6.07) is 0.0564. The predicted molar refractivity (Wildman–Crippen MR) is 56.9 cm³/mol. The van der Waals surface area contributed by atoms with Gasteiger partial charge in [0.25, 0.3) is 0 Å². The second kappa shape index (κ2) is 4.90. The molecular formula is C11H19NO2. The van der Waals surface area contributed by atoms with E-state index in [-0.39, 0.29) is 18.7 Å². The number of terminal acetylenes is 1. The topological polar surface area (TPSA) is 29.5 Å². The molecule has 0 aromatic heterocycles. The van der Waals surface area contributed by atoms with Gasteiger partial charge >= 0.3 is 6.09 Å². The average Bonchev–Trinajstić information content (AvgIpc) is 1.95. The molecule has 0 N–H and O–H groups in total. The van der Waals surface area contributed by atoms with Gasteiger partial charge in [0, 0.05) is 6.04 Å². The largest absolute Gasteiger partial charge is 0.444 e. The molecule has 0 unspecified atom stereocenters. The lowest BCUT2D eigenvalue weighted by molar-refractivity contribution is 0.0221. The summed E-state index contributed by atoms with van der Waals surface area (Å²) in [5.41, 5.74) is -0.473. The first kappa shape index (κ1) is 12.8. The fourth-order valence-corrected chi connectivity index (χ4v) is 0.877. The Labute approximate surface area is 86.4 Å². The quantitative estimate of drug-likeness (QED) is 0.635.